The second kappa shape index (κ2) is 8.29. The number of rotatable bonds is 4. The van der Waals surface area contributed by atoms with Crippen molar-refractivity contribution < 1.29 is 9.59 Å². The van der Waals surface area contributed by atoms with Gasteiger partial charge >= 0.3 is 0 Å². The monoisotopic (exact) mass is 372 g/mol. The van der Waals surface area contributed by atoms with Crippen LogP contribution < -0.4 is 5.32 Å². The summed E-state index contributed by atoms with van der Waals surface area (Å²) in [6.45, 7) is 6.22. The lowest BCUT2D eigenvalue weighted by Gasteiger charge is -2.34. The van der Waals surface area contributed by atoms with E-state index in [2.05, 4.69) is 22.1 Å². The first-order valence-electron chi connectivity index (χ1n) is 8.60. The Morgan fingerprint density at radius 2 is 1.73 bits per heavy atom. The van der Waals surface area contributed by atoms with E-state index in [1.807, 2.05) is 4.90 Å². The molecule has 136 valence electrons. The van der Waals surface area contributed by atoms with Crippen molar-refractivity contribution in [2.75, 3.05) is 38.0 Å². The van der Waals surface area contributed by atoms with Crippen molar-refractivity contribution >= 4 is 29.1 Å². The van der Waals surface area contributed by atoms with Crippen molar-refractivity contribution in [2.24, 2.45) is 0 Å². The number of amides is 2. The summed E-state index contributed by atoms with van der Waals surface area (Å²) in [5, 5.41) is 3.37. The second-order valence-electron chi connectivity index (χ2n) is 6.15. The lowest BCUT2D eigenvalue weighted by Crippen LogP contribution is -2.48. The average Bonchev–Trinajstić information content (AvgIpc) is 2.69. The van der Waals surface area contributed by atoms with E-state index < -0.39 is 0 Å². The second-order valence-corrected chi connectivity index (χ2v) is 6.59. The molecule has 2 heterocycles. The molecule has 0 saturated carbocycles. The van der Waals surface area contributed by atoms with Gasteiger partial charge in [0.15, 0.2) is 0 Å². The van der Waals surface area contributed by atoms with E-state index in [9.17, 15) is 9.59 Å². The van der Waals surface area contributed by atoms with Crippen LogP contribution in [0.2, 0.25) is 5.02 Å². The van der Waals surface area contributed by atoms with Crippen molar-refractivity contribution in [3.05, 3.63) is 58.9 Å². The van der Waals surface area contributed by atoms with Gasteiger partial charge in [0.2, 0.25) is 0 Å². The highest BCUT2D eigenvalue weighted by Crippen LogP contribution is 2.15. The predicted molar refractivity (Wildman–Crippen MR) is 102 cm³/mol. The molecule has 1 fully saturated rings. The minimum absolute atomic E-state index is 0.0885. The predicted octanol–water partition coefficient (Wildman–Crippen LogP) is 2.77. The molecule has 1 aliphatic heterocycles. The Kier molecular flexibility index (Phi) is 5.85. The number of nitrogens with zero attached hydrogens (tertiary/aromatic N) is 3. The number of hydrogen-bond donors (Lipinski definition) is 1. The summed E-state index contributed by atoms with van der Waals surface area (Å²) >= 11 is 5.85. The Labute approximate surface area is 157 Å². The Bertz CT molecular complexity index is 786. The molecule has 0 atom stereocenters. The SMILES string of the molecule is CCN1CCN(C(=O)c2cncc(C(=O)Nc3ccc(Cl)cc3)c2)CC1. The van der Waals surface area contributed by atoms with Gasteiger partial charge in [0.1, 0.15) is 0 Å². The highest BCUT2D eigenvalue weighted by molar-refractivity contribution is 6.30. The fourth-order valence-electron chi connectivity index (χ4n) is 2.87. The third-order valence-electron chi connectivity index (χ3n) is 4.46. The molecule has 0 spiro atoms. The van der Waals surface area contributed by atoms with Gasteiger partial charge in [-0.15, -0.1) is 0 Å². The van der Waals surface area contributed by atoms with Crippen LogP contribution in [0.25, 0.3) is 0 Å². The van der Waals surface area contributed by atoms with E-state index in [-0.39, 0.29) is 11.8 Å². The van der Waals surface area contributed by atoms with E-state index in [0.29, 0.717) is 34.9 Å². The molecule has 1 aromatic heterocycles. The van der Waals surface area contributed by atoms with Crippen LogP contribution in [-0.4, -0.2) is 59.3 Å². The van der Waals surface area contributed by atoms with Crippen LogP contribution >= 0.6 is 11.6 Å². The van der Waals surface area contributed by atoms with E-state index in [1.165, 1.54) is 12.4 Å². The highest BCUT2D eigenvalue weighted by Gasteiger charge is 2.22. The summed E-state index contributed by atoms with van der Waals surface area (Å²) in [4.78, 5) is 33.3. The normalized spacial score (nSPS) is 14.9. The molecule has 7 heteroatoms. The number of benzene rings is 1. The first-order valence-corrected chi connectivity index (χ1v) is 8.98. The zero-order valence-corrected chi connectivity index (χ0v) is 15.4. The summed E-state index contributed by atoms with van der Waals surface area (Å²) < 4.78 is 0. The minimum atomic E-state index is -0.315. The number of hydrogen-bond acceptors (Lipinski definition) is 4. The van der Waals surface area contributed by atoms with Crippen molar-refractivity contribution in [2.45, 2.75) is 6.92 Å². The van der Waals surface area contributed by atoms with E-state index in [4.69, 9.17) is 11.6 Å². The van der Waals surface area contributed by atoms with Gasteiger partial charge in [-0.3, -0.25) is 14.6 Å². The van der Waals surface area contributed by atoms with Crippen LogP contribution in [0.1, 0.15) is 27.6 Å². The van der Waals surface area contributed by atoms with Crippen molar-refractivity contribution in [1.82, 2.24) is 14.8 Å². The van der Waals surface area contributed by atoms with Crippen LogP contribution in [0.5, 0.6) is 0 Å². The maximum atomic E-state index is 12.7. The number of halogens is 1. The standard InChI is InChI=1S/C19H21ClN4O2/c1-2-23-7-9-24(10-8-23)19(26)15-11-14(12-21-13-15)18(25)22-17-5-3-16(20)4-6-17/h3-6,11-13H,2,7-10H2,1H3,(H,22,25). The van der Waals surface area contributed by atoms with Crippen LogP contribution in [-0.2, 0) is 0 Å². The maximum absolute atomic E-state index is 12.7. The van der Waals surface area contributed by atoms with E-state index in [0.717, 1.165) is 19.6 Å². The molecule has 6 nitrogen and oxygen atoms in total. The van der Waals surface area contributed by atoms with Crippen LogP contribution in [0.4, 0.5) is 5.69 Å². The molecular formula is C19H21ClN4O2. The van der Waals surface area contributed by atoms with Crippen LogP contribution in [0.3, 0.4) is 0 Å². The van der Waals surface area contributed by atoms with Crippen LogP contribution in [0, 0.1) is 0 Å². The lowest BCUT2D eigenvalue weighted by molar-refractivity contribution is 0.0643. The lowest BCUT2D eigenvalue weighted by atomic mass is 10.1. The Balaban J connectivity index is 1.68. The first-order chi connectivity index (χ1) is 12.6. The van der Waals surface area contributed by atoms with Crippen LogP contribution in [0.15, 0.2) is 42.7 Å². The molecule has 1 N–H and O–H groups in total. The quantitative estimate of drug-likeness (QED) is 0.896. The molecule has 1 saturated heterocycles. The van der Waals surface area contributed by atoms with Gasteiger partial charge in [0, 0.05) is 49.3 Å². The minimum Gasteiger partial charge on any atom is -0.336 e. The molecule has 26 heavy (non-hydrogen) atoms. The zero-order valence-electron chi connectivity index (χ0n) is 14.6. The number of piperazine rings is 1. The van der Waals surface area contributed by atoms with Gasteiger partial charge in [0.05, 0.1) is 11.1 Å². The van der Waals surface area contributed by atoms with Crippen molar-refractivity contribution in [3.63, 3.8) is 0 Å². The topological polar surface area (TPSA) is 65.5 Å². The fraction of sp³-hybridized carbons (Fsp3) is 0.316. The van der Waals surface area contributed by atoms with Gasteiger partial charge in [-0.05, 0) is 36.9 Å². The molecular weight excluding hydrogens is 352 g/mol. The zero-order chi connectivity index (χ0) is 18.5. The largest absolute Gasteiger partial charge is 0.336 e. The molecule has 2 amide bonds. The van der Waals surface area contributed by atoms with E-state index in [1.54, 1.807) is 30.3 Å². The molecule has 0 aliphatic carbocycles. The summed E-state index contributed by atoms with van der Waals surface area (Å²) in [7, 11) is 0. The molecule has 1 aliphatic rings. The van der Waals surface area contributed by atoms with Gasteiger partial charge in [-0.1, -0.05) is 18.5 Å². The summed E-state index contributed by atoms with van der Waals surface area (Å²) in [6.07, 6.45) is 2.96. The van der Waals surface area contributed by atoms with Crippen molar-refractivity contribution in [1.29, 1.82) is 0 Å². The number of likely N-dealkylation sites (N-methyl/N-ethyl adjacent to an activating group) is 1. The number of nitrogens with one attached hydrogen (secondary N) is 1. The van der Waals surface area contributed by atoms with Gasteiger partial charge in [0.25, 0.3) is 11.8 Å². The number of carbonyl (C=O) groups is 2. The van der Waals surface area contributed by atoms with Gasteiger partial charge in [-0.25, -0.2) is 0 Å². The van der Waals surface area contributed by atoms with Gasteiger partial charge < -0.3 is 15.1 Å². The Morgan fingerprint density at radius 1 is 1.08 bits per heavy atom. The molecule has 0 bridgehead atoms. The Morgan fingerprint density at radius 3 is 2.38 bits per heavy atom. The smallest absolute Gasteiger partial charge is 0.257 e. The maximum Gasteiger partial charge on any atom is 0.257 e. The number of carbonyl (C=O) groups excluding carboxylic acids is 2. The molecule has 0 unspecified atom stereocenters. The molecule has 0 radical (unpaired) electrons. The fourth-order valence-corrected chi connectivity index (χ4v) is 2.99. The first kappa shape index (κ1) is 18.4. The number of aromatic nitrogens is 1. The molecule has 3 rings (SSSR count). The number of pyridine rings is 1. The highest BCUT2D eigenvalue weighted by atomic mass is 35.5. The third-order valence-corrected chi connectivity index (χ3v) is 4.71. The van der Waals surface area contributed by atoms with E-state index >= 15 is 0 Å². The summed E-state index contributed by atoms with van der Waals surface area (Å²) in [6, 6.07) is 8.43. The van der Waals surface area contributed by atoms with Gasteiger partial charge in [-0.2, -0.15) is 0 Å². The summed E-state index contributed by atoms with van der Waals surface area (Å²) in [5.41, 5.74) is 1.41. The van der Waals surface area contributed by atoms with Crippen molar-refractivity contribution in [3.8, 4) is 0 Å². The average molecular weight is 373 g/mol. The summed E-state index contributed by atoms with van der Waals surface area (Å²) in [5.74, 6) is -0.403. The Hall–Kier alpha value is -2.44. The molecule has 1 aromatic carbocycles. The number of anilines is 1. The molecule has 2 aromatic rings. The third kappa shape index (κ3) is 4.39.